The van der Waals surface area contributed by atoms with E-state index in [-0.39, 0.29) is 0 Å². The third-order valence-electron chi connectivity index (χ3n) is 1.94. The van der Waals surface area contributed by atoms with Gasteiger partial charge in [0.25, 0.3) is 0 Å². The van der Waals surface area contributed by atoms with Crippen LogP contribution in [0.25, 0.3) is 0 Å². The largest absolute Gasteiger partial charge is 0.258 e. The molecule has 0 N–H and O–H groups in total. The van der Waals surface area contributed by atoms with Gasteiger partial charge in [0.15, 0.2) is 0 Å². The molecule has 0 spiro atoms. The molecule has 0 unspecified atom stereocenters. The maximum absolute atomic E-state index is 4.36. The molecule has 0 aromatic carbocycles. The molecule has 12 heavy (non-hydrogen) atoms. The van der Waals surface area contributed by atoms with Crippen molar-refractivity contribution in [3.05, 3.63) is 23.3 Å². The quantitative estimate of drug-likeness (QED) is 0.685. The fourth-order valence-corrected chi connectivity index (χ4v) is 1.21. The second-order valence-corrected chi connectivity index (χ2v) is 3.15. The lowest BCUT2D eigenvalue weighted by Crippen LogP contribution is -1.98. The summed E-state index contributed by atoms with van der Waals surface area (Å²) in [7, 11) is 0. The van der Waals surface area contributed by atoms with Crippen LogP contribution in [0.5, 0.6) is 0 Å². The summed E-state index contributed by atoms with van der Waals surface area (Å²) in [5, 5.41) is 0. The number of unbranched alkanes of at least 4 members (excludes halogenated alkanes) is 1. The monoisotopic (exact) mass is 164 g/mol. The van der Waals surface area contributed by atoms with Crippen molar-refractivity contribution in [1.82, 2.24) is 9.97 Å². The number of rotatable bonds is 3. The summed E-state index contributed by atoms with van der Waals surface area (Å²) in [6.45, 7) is 6.20. The molecule has 0 fully saturated rings. The van der Waals surface area contributed by atoms with Gasteiger partial charge in [-0.15, -0.1) is 0 Å². The van der Waals surface area contributed by atoms with Gasteiger partial charge in [-0.25, -0.2) is 0 Å². The van der Waals surface area contributed by atoms with Crippen molar-refractivity contribution in [2.45, 2.75) is 40.0 Å². The van der Waals surface area contributed by atoms with Gasteiger partial charge in [-0.05, 0) is 26.7 Å². The van der Waals surface area contributed by atoms with Crippen LogP contribution in [0.1, 0.15) is 36.8 Å². The number of hydrogen-bond donors (Lipinski definition) is 0. The first-order valence-electron chi connectivity index (χ1n) is 4.53. The van der Waals surface area contributed by atoms with Crippen molar-refractivity contribution in [1.29, 1.82) is 0 Å². The average molecular weight is 164 g/mol. The van der Waals surface area contributed by atoms with E-state index in [1.165, 1.54) is 12.8 Å². The average Bonchev–Trinajstić information content (AvgIpc) is 2.03. The van der Waals surface area contributed by atoms with Crippen LogP contribution < -0.4 is 0 Å². The molecule has 1 rings (SSSR count). The number of hydrogen-bond acceptors (Lipinski definition) is 2. The van der Waals surface area contributed by atoms with E-state index in [9.17, 15) is 0 Å². The van der Waals surface area contributed by atoms with Gasteiger partial charge in [-0.3, -0.25) is 9.97 Å². The molecule has 0 bridgehead atoms. The standard InChI is InChI=1S/C10H16N2/c1-4-5-6-10-9(3)12-8(2)7-11-10/h7H,4-6H2,1-3H3. The van der Waals surface area contributed by atoms with E-state index in [2.05, 4.69) is 16.9 Å². The van der Waals surface area contributed by atoms with E-state index in [0.29, 0.717) is 0 Å². The summed E-state index contributed by atoms with van der Waals surface area (Å²) in [6, 6.07) is 0. The minimum atomic E-state index is 1.01. The molecule has 1 aromatic heterocycles. The van der Waals surface area contributed by atoms with E-state index in [0.717, 1.165) is 23.5 Å². The predicted octanol–water partition coefficient (Wildman–Crippen LogP) is 2.44. The number of aryl methyl sites for hydroxylation is 3. The highest BCUT2D eigenvalue weighted by Gasteiger charge is 1.99. The van der Waals surface area contributed by atoms with Crippen LogP contribution >= 0.6 is 0 Å². The van der Waals surface area contributed by atoms with E-state index in [4.69, 9.17) is 0 Å². The van der Waals surface area contributed by atoms with Gasteiger partial charge in [0.05, 0.1) is 17.1 Å². The van der Waals surface area contributed by atoms with Crippen LogP contribution in [0, 0.1) is 13.8 Å². The maximum atomic E-state index is 4.36. The highest BCUT2D eigenvalue weighted by atomic mass is 14.8. The Hall–Kier alpha value is -0.920. The molecule has 2 heteroatoms. The van der Waals surface area contributed by atoms with Gasteiger partial charge in [0.2, 0.25) is 0 Å². The minimum absolute atomic E-state index is 1.01. The summed E-state index contributed by atoms with van der Waals surface area (Å²) in [4.78, 5) is 8.72. The summed E-state index contributed by atoms with van der Waals surface area (Å²) in [6.07, 6.45) is 5.33. The highest BCUT2D eigenvalue weighted by molar-refractivity contribution is 5.11. The zero-order valence-corrected chi connectivity index (χ0v) is 8.09. The van der Waals surface area contributed by atoms with Crippen LogP contribution in [-0.4, -0.2) is 9.97 Å². The van der Waals surface area contributed by atoms with Gasteiger partial charge in [-0.1, -0.05) is 13.3 Å². The van der Waals surface area contributed by atoms with Crippen molar-refractivity contribution in [2.75, 3.05) is 0 Å². The van der Waals surface area contributed by atoms with Gasteiger partial charge in [-0.2, -0.15) is 0 Å². The lowest BCUT2D eigenvalue weighted by atomic mass is 10.1. The van der Waals surface area contributed by atoms with E-state index < -0.39 is 0 Å². The van der Waals surface area contributed by atoms with Crippen molar-refractivity contribution >= 4 is 0 Å². The summed E-state index contributed by atoms with van der Waals surface area (Å²) in [5.41, 5.74) is 3.25. The van der Waals surface area contributed by atoms with Crippen LogP contribution in [-0.2, 0) is 6.42 Å². The molecular formula is C10H16N2. The predicted molar refractivity (Wildman–Crippen MR) is 50.1 cm³/mol. The molecule has 0 aliphatic rings. The van der Waals surface area contributed by atoms with E-state index in [1.807, 2.05) is 20.0 Å². The normalized spacial score (nSPS) is 10.2. The fraction of sp³-hybridized carbons (Fsp3) is 0.600. The zero-order valence-electron chi connectivity index (χ0n) is 8.09. The topological polar surface area (TPSA) is 25.8 Å². The molecule has 2 nitrogen and oxygen atoms in total. The summed E-state index contributed by atoms with van der Waals surface area (Å²) < 4.78 is 0. The third kappa shape index (κ3) is 2.29. The third-order valence-corrected chi connectivity index (χ3v) is 1.94. The van der Waals surface area contributed by atoms with Crippen LogP contribution in [0.2, 0.25) is 0 Å². The van der Waals surface area contributed by atoms with Gasteiger partial charge < -0.3 is 0 Å². The first-order valence-corrected chi connectivity index (χ1v) is 4.53. The molecule has 0 aliphatic carbocycles. The Morgan fingerprint density at radius 1 is 1.33 bits per heavy atom. The van der Waals surface area contributed by atoms with Crippen molar-refractivity contribution in [3.8, 4) is 0 Å². The Balaban J connectivity index is 2.72. The fourth-order valence-electron chi connectivity index (χ4n) is 1.21. The Morgan fingerprint density at radius 2 is 2.08 bits per heavy atom. The van der Waals surface area contributed by atoms with Crippen LogP contribution in [0.15, 0.2) is 6.20 Å². The molecule has 1 aromatic rings. The zero-order chi connectivity index (χ0) is 8.97. The van der Waals surface area contributed by atoms with Crippen molar-refractivity contribution in [2.24, 2.45) is 0 Å². The number of aromatic nitrogens is 2. The first kappa shape index (κ1) is 9.17. The molecule has 0 atom stereocenters. The molecule has 0 radical (unpaired) electrons. The smallest absolute Gasteiger partial charge is 0.0616 e. The highest BCUT2D eigenvalue weighted by Crippen LogP contribution is 2.06. The second-order valence-electron chi connectivity index (χ2n) is 3.15. The van der Waals surface area contributed by atoms with Crippen LogP contribution in [0.3, 0.4) is 0 Å². The number of nitrogens with zero attached hydrogens (tertiary/aromatic N) is 2. The maximum Gasteiger partial charge on any atom is 0.0616 e. The molecule has 1 heterocycles. The van der Waals surface area contributed by atoms with Gasteiger partial charge in [0, 0.05) is 6.20 Å². The van der Waals surface area contributed by atoms with Gasteiger partial charge >= 0.3 is 0 Å². The van der Waals surface area contributed by atoms with Crippen LogP contribution in [0.4, 0.5) is 0 Å². The first-order chi connectivity index (χ1) is 5.74. The van der Waals surface area contributed by atoms with Crippen molar-refractivity contribution < 1.29 is 0 Å². The molecule has 0 saturated carbocycles. The van der Waals surface area contributed by atoms with E-state index >= 15 is 0 Å². The Morgan fingerprint density at radius 3 is 2.67 bits per heavy atom. The lowest BCUT2D eigenvalue weighted by molar-refractivity contribution is 0.761. The Labute approximate surface area is 74.1 Å². The minimum Gasteiger partial charge on any atom is -0.258 e. The Kier molecular flexibility index (Phi) is 3.20. The summed E-state index contributed by atoms with van der Waals surface area (Å²) >= 11 is 0. The molecular weight excluding hydrogens is 148 g/mol. The SMILES string of the molecule is CCCCc1ncc(C)nc1C. The lowest BCUT2D eigenvalue weighted by Gasteiger charge is -2.02. The second kappa shape index (κ2) is 4.19. The summed E-state index contributed by atoms with van der Waals surface area (Å²) in [5.74, 6) is 0. The van der Waals surface area contributed by atoms with Gasteiger partial charge in [0.1, 0.15) is 0 Å². The Bertz CT molecular complexity index is 256. The molecule has 66 valence electrons. The molecule has 0 amide bonds. The molecule has 0 saturated heterocycles. The molecule has 0 aliphatic heterocycles. The van der Waals surface area contributed by atoms with Crippen molar-refractivity contribution in [3.63, 3.8) is 0 Å². The van der Waals surface area contributed by atoms with E-state index in [1.54, 1.807) is 0 Å².